The van der Waals surface area contributed by atoms with Crippen LogP contribution >= 0.6 is 0 Å². The van der Waals surface area contributed by atoms with Gasteiger partial charge in [0, 0.05) is 26.6 Å². The van der Waals surface area contributed by atoms with Gasteiger partial charge in [0.25, 0.3) is 0 Å². The van der Waals surface area contributed by atoms with Crippen LogP contribution in [-0.2, 0) is 27.2 Å². The number of aryl methyl sites for hydroxylation is 1. The minimum absolute atomic E-state index is 0.0714. The van der Waals surface area contributed by atoms with E-state index in [0.717, 1.165) is 55.5 Å². The molecule has 0 spiro atoms. The van der Waals surface area contributed by atoms with Crippen LogP contribution in [0.5, 0.6) is 5.75 Å². The van der Waals surface area contributed by atoms with Gasteiger partial charge in [0.05, 0.1) is 6.04 Å². The van der Waals surface area contributed by atoms with Gasteiger partial charge in [0.2, 0.25) is 17.7 Å². The fraction of sp³-hybridized carbons (Fsp3) is 0.500. The lowest BCUT2D eigenvalue weighted by atomic mass is 10.00. The molecule has 38 heavy (non-hydrogen) atoms. The third kappa shape index (κ3) is 7.13. The molecule has 0 aromatic heterocycles. The minimum Gasteiger partial charge on any atom is -0.492 e. The highest BCUT2D eigenvalue weighted by atomic mass is 16.5. The summed E-state index contributed by atoms with van der Waals surface area (Å²) in [6.45, 7) is 4.16. The van der Waals surface area contributed by atoms with Crippen molar-refractivity contribution in [3.63, 3.8) is 0 Å². The number of benzene rings is 2. The Morgan fingerprint density at radius 3 is 2.50 bits per heavy atom. The lowest BCUT2D eigenvalue weighted by Crippen LogP contribution is -2.57. The zero-order chi connectivity index (χ0) is 26.9. The molecule has 2 heterocycles. The van der Waals surface area contributed by atoms with Crippen LogP contribution in [0.4, 0.5) is 0 Å². The van der Waals surface area contributed by atoms with Gasteiger partial charge in [-0.15, -0.1) is 0 Å². The molecule has 3 atom stereocenters. The van der Waals surface area contributed by atoms with Crippen LogP contribution < -0.4 is 15.4 Å². The largest absolute Gasteiger partial charge is 0.492 e. The Balaban J connectivity index is 1.56. The number of nitrogens with zero attached hydrogens (tertiary/aromatic N) is 2. The van der Waals surface area contributed by atoms with Crippen molar-refractivity contribution < 1.29 is 19.1 Å². The number of nitrogens with one attached hydrogen (secondary N) is 2. The molecule has 0 radical (unpaired) electrons. The van der Waals surface area contributed by atoms with E-state index in [1.54, 1.807) is 14.0 Å². The average molecular weight is 521 g/mol. The Labute approximate surface area is 225 Å². The molecule has 204 valence electrons. The van der Waals surface area contributed by atoms with Gasteiger partial charge in [0.15, 0.2) is 0 Å². The molecule has 8 heteroatoms. The van der Waals surface area contributed by atoms with E-state index in [1.165, 1.54) is 4.90 Å². The third-order valence-electron chi connectivity index (χ3n) is 7.65. The summed E-state index contributed by atoms with van der Waals surface area (Å²) >= 11 is 0. The summed E-state index contributed by atoms with van der Waals surface area (Å²) < 4.78 is 6.17. The van der Waals surface area contributed by atoms with Gasteiger partial charge in [-0.3, -0.25) is 19.3 Å². The fourth-order valence-electron chi connectivity index (χ4n) is 5.23. The fourth-order valence-corrected chi connectivity index (χ4v) is 5.23. The number of hydrogen-bond acceptors (Lipinski definition) is 5. The summed E-state index contributed by atoms with van der Waals surface area (Å²) in [4.78, 5) is 43.7. The normalized spacial score (nSPS) is 24.6. The molecule has 8 nitrogen and oxygen atoms in total. The van der Waals surface area contributed by atoms with E-state index in [-0.39, 0.29) is 23.8 Å². The summed E-state index contributed by atoms with van der Waals surface area (Å²) in [5, 5.41) is 5.93. The molecule has 4 rings (SSSR count). The number of likely N-dealkylation sites (N-methyl/N-ethyl adjacent to an activating group) is 1. The van der Waals surface area contributed by atoms with E-state index in [9.17, 15) is 14.4 Å². The molecule has 1 unspecified atom stereocenters. The minimum atomic E-state index is -0.739. The smallest absolute Gasteiger partial charge is 0.243 e. The molecule has 2 aliphatic rings. The molecule has 2 N–H and O–H groups in total. The monoisotopic (exact) mass is 520 g/mol. The standard InChI is InChI=1S/C30H40N4O4/c1-22-28(35)32-25(21-23-11-4-3-5-12-23)29(36)31-17-10-14-24-13-6-7-16-27(24)38-20-19-34-18-9-8-15-26(34)30(37)33(22)2/h3-7,11-13,16,22,25-26H,8-10,14-15,17-21H2,1-2H3,(H,31,36)(H,32,35)/t22-,25-,26?/m1/s1. The summed E-state index contributed by atoms with van der Waals surface area (Å²) in [5.74, 6) is 0.211. The molecule has 0 bridgehead atoms. The first-order valence-electron chi connectivity index (χ1n) is 13.8. The summed E-state index contributed by atoms with van der Waals surface area (Å²) in [7, 11) is 1.68. The zero-order valence-corrected chi connectivity index (χ0v) is 22.5. The lowest BCUT2D eigenvalue weighted by Gasteiger charge is -2.38. The molecule has 2 aliphatic heterocycles. The van der Waals surface area contributed by atoms with Crippen molar-refractivity contribution >= 4 is 17.7 Å². The van der Waals surface area contributed by atoms with Gasteiger partial charge >= 0.3 is 0 Å². The van der Waals surface area contributed by atoms with Gasteiger partial charge in [-0.1, -0.05) is 55.0 Å². The van der Waals surface area contributed by atoms with E-state index in [0.29, 0.717) is 26.1 Å². The second kappa shape index (κ2) is 13.4. The van der Waals surface area contributed by atoms with Crippen molar-refractivity contribution in [1.29, 1.82) is 0 Å². The molecule has 2 aromatic rings. The van der Waals surface area contributed by atoms with Crippen LogP contribution in [-0.4, -0.2) is 78.9 Å². The van der Waals surface area contributed by atoms with Gasteiger partial charge in [-0.25, -0.2) is 0 Å². The van der Waals surface area contributed by atoms with Crippen molar-refractivity contribution in [3.8, 4) is 5.75 Å². The van der Waals surface area contributed by atoms with Crippen LogP contribution in [0, 0.1) is 0 Å². The number of rotatable bonds is 2. The van der Waals surface area contributed by atoms with Crippen molar-refractivity contribution in [1.82, 2.24) is 20.4 Å². The zero-order valence-electron chi connectivity index (χ0n) is 22.5. The second-order valence-electron chi connectivity index (χ2n) is 10.3. The van der Waals surface area contributed by atoms with Gasteiger partial charge in [-0.2, -0.15) is 0 Å². The SMILES string of the molecule is C[C@@H]1C(=O)N[C@H](Cc2ccccc2)C(=O)NCCCc2ccccc2OCCN2CCCCC2C(=O)N1C. The molecule has 2 aromatic carbocycles. The molecular weight excluding hydrogens is 480 g/mol. The van der Waals surface area contributed by atoms with Crippen molar-refractivity contribution in [2.45, 2.75) is 63.6 Å². The molecule has 1 fully saturated rings. The Kier molecular flexibility index (Phi) is 9.76. The third-order valence-corrected chi connectivity index (χ3v) is 7.65. The summed E-state index contributed by atoms with van der Waals surface area (Å²) in [5.41, 5.74) is 2.05. The first kappa shape index (κ1) is 27.6. The van der Waals surface area contributed by atoms with Gasteiger partial charge in [-0.05, 0) is 56.3 Å². The van der Waals surface area contributed by atoms with Crippen LogP contribution in [0.15, 0.2) is 54.6 Å². The van der Waals surface area contributed by atoms with E-state index in [1.807, 2.05) is 48.5 Å². The van der Waals surface area contributed by atoms with Crippen LogP contribution in [0.3, 0.4) is 0 Å². The number of ether oxygens (including phenoxy) is 1. The number of amides is 3. The quantitative estimate of drug-likeness (QED) is 0.635. The Morgan fingerprint density at radius 1 is 0.921 bits per heavy atom. The van der Waals surface area contributed by atoms with Crippen molar-refractivity contribution in [2.24, 2.45) is 0 Å². The molecule has 1 saturated heterocycles. The number of piperidine rings is 1. The van der Waals surface area contributed by atoms with Gasteiger partial charge in [0.1, 0.15) is 24.4 Å². The average Bonchev–Trinajstić information content (AvgIpc) is 2.94. The topological polar surface area (TPSA) is 91.0 Å². The van der Waals surface area contributed by atoms with Crippen LogP contribution in [0.1, 0.15) is 43.7 Å². The summed E-state index contributed by atoms with van der Waals surface area (Å²) in [6.07, 6.45) is 4.66. The van der Waals surface area contributed by atoms with E-state index in [4.69, 9.17) is 4.74 Å². The van der Waals surface area contributed by atoms with Crippen LogP contribution in [0.2, 0.25) is 0 Å². The Morgan fingerprint density at radius 2 is 1.68 bits per heavy atom. The van der Waals surface area contributed by atoms with E-state index >= 15 is 0 Å². The maximum absolute atomic E-state index is 13.5. The Hall–Kier alpha value is -3.39. The lowest BCUT2D eigenvalue weighted by molar-refractivity contribution is -0.144. The highest BCUT2D eigenvalue weighted by molar-refractivity contribution is 5.93. The number of hydrogen-bond donors (Lipinski definition) is 2. The first-order chi connectivity index (χ1) is 18.4. The maximum atomic E-state index is 13.5. The Bertz CT molecular complexity index is 1090. The maximum Gasteiger partial charge on any atom is 0.243 e. The molecule has 0 saturated carbocycles. The second-order valence-corrected chi connectivity index (χ2v) is 10.3. The first-order valence-corrected chi connectivity index (χ1v) is 13.8. The molecular formula is C30H40N4O4. The number of carbonyl (C=O) groups excluding carboxylic acids is 3. The number of fused-ring (bicyclic) bond motifs is 2. The summed E-state index contributed by atoms with van der Waals surface area (Å²) in [6, 6.07) is 15.9. The molecule has 3 amide bonds. The number of para-hydroxylation sites is 1. The highest BCUT2D eigenvalue weighted by Gasteiger charge is 2.35. The molecule has 0 aliphatic carbocycles. The van der Waals surface area contributed by atoms with E-state index < -0.39 is 12.1 Å². The predicted molar refractivity (Wildman–Crippen MR) is 147 cm³/mol. The van der Waals surface area contributed by atoms with Crippen molar-refractivity contribution in [3.05, 3.63) is 65.7 Å². The van der Waals surface area contributed by atoms with Crippen molar-refractivity contribution in [2.75, 3.05) is 33.3 Å². The van der Waals surface area contributed by atoms with Crippen LogP contribution in [0.25, 0.3) is 0 Å². The van der Waals surface area contributed by atoms with Gasteiger partial charge < -0.3 is 20.3 Å². The predicted octanol–water partition coefficient (Wildman–Crippen LogP) is 2.56. The highest BCUT2D eigenvalue weighted by Crippen LogP contribution is 2.22. The van der Waals surface area contributed by atoms with E-state index in [2.05, 4.69) is 21.6 Å². The number of carbonyl (C=O) groups is 3.